The van der Waals surface area contributed by atoms with Crippen LogP contribution in [0, 0.1) is 13.8 Å². The number of nitrogens with one attached hydrogen (secondary N) is 2. The largest absolute Gasteiger partial charge is 0.376 e. The molecule has 0 aliphatic carbocycles. The molecule has 0 bridgehead atoms. The van der Waals surface area contributed by atoms with Gasteiger partial charge in [0, 0.05) is 11.4 Å². The summed E-state index contributed by atoms with van der Waals surface area (Å²) in [6.07, 6.45) is 0. The van der Waals surface area contributed by atoms with E-state index in [0.717, 1.165) is 11.4 Å². The van der Waals surface area contributed by atoms with Crippen molar-refractivity contribution in [3.05, 3.63) is 59.2 Å². The third-order valence-corrected chi connectivity index (χ3v) is 3.81. The first-order valence-corrected chi connectivity index (χ1v) is 7.67. The Morgan fingerprint density at radius 1 is 1.05 bits per heavy atom. The highest BCUT2D eigenvalue weighted by atomic mass is 16.1. The van der Waals surface area contributed by atoms with Crippen molar-refractivity contribution in [3.8, 4) is 0 Å². The maximum atomic E-state index is 12.1. The van der Waals surface area contributed by atoms with Crippen molar-refractivity contribution in [3.63, 3.8) is 0 Å². The fraction of sp³-hybridized carbons (Fsp3) is 0.316. The minimum atomic E-state index is -0.0400. The molecule has 1 amide bonds. The molecule has 0 fully saturated rings. The quantitative estimate of drug-likeness (QED) is 0.854. The Hall–Kier alpha value is -2.29. The van der Waals surface area contributed by atoms with Gasteiger partial charge in [0.2, 0.25) is 5.91 Å². The van der Waals surface area contributed by atoms with Crippen LogP contribution in [0.4, 0.5) is 11.4 Å². The van der Waals surface area contributed by atoms with Crippen LogP contribution in [0.25, 0.3) is 0 Å². The van der Waals surface area contributed by atoms with Crippen molar-refractivity contribution in [1.29, 1.82) is 0 Å². The van der Waals surface area contributed by atoms with Gasteiger partial charge in [0.25, 0.3) is 0 Å². The molecule has 0 aliphatic rings. The van der Waals surface area contributed by atoms with Gasteiger partial charge in [-0.3, -0.25) is 4.79 Å². The summed E-state index contributed by atoms with van der Waals surface area (Å²) in [6, 6.07) is 14.1. The van der Waals surface area contributed by atoms with Gasteiger partial charge in [-0.2, -0.15) is 0 Å². The van der Waals surface area contributed by atoms with Crippen LogP contribution in [0.2, 0.25) is 0 Å². The Bertz CT molecular complexity index is 662. The van der Waals surface area contributed by atoms with E-state index in [1.165, 1.54) is 16.7 Å². The standard InChI is InChI=1S/C19H24N2O/c1-13(2)17-7-5-6-8-18(17)20-12-19(22)21-16-10-9-14(3)15(4)11-16/h5-11,13,20H,12H2,1-4H3,(H,21,22). The number of aryl methyl sites for hydroxylation is 2. The number of benzene rings is 2. The van der Waals surface area contributed by atoms with Crippen LogP contribution < -0.4 is 10.6 Å². The molecule has 0 saturated carbocycles. The van der Waals surface area contributed by atoms with Crippen LogP contribution in [0.1, 0.15) is 36.5 Å². The van der Waals surface area contributed by atoms with Crippen LogP contribution in [0.3, 0.4) is 0 Å². The average molecular weight is 296 g/mol. The Morgan fingerprint density at radius 2 is 1.77 bits per heavy atom. The fourth-order valence-corrected chi connectivity index (χ4v) is 2.36. The van der Waals surface area contributed by atoms with Gasteiger partial charge < -0.3 is 10.6 Å². The topological polar surface area (TPSA) is 41.1 Å². The summed E-state index contributed by atoms with van der Waals surface area (Å²) in [5.74, 6) is 0.383. The lowest BCUT2D eigenvalue weighted by molar-refractivity contribution is -0.114. The van der Waals surface area contributed by atoms with Gasteiger partial charge in [0.1, 0.15) is 0 Å². The predicted octanol–water partition coefficient (Wildman–Crippen LogP) is 4.48. The molecule has 22 heavy (non-hydrogen) atoms. The molecule has 2 aromatic carbocycles. The molecule has 0 spiro atoms. The van der Waals surface area contributed by atoms with Crippen LogP contribution >= 0.6 is 0 Å². The summed E-state index contributed by atoms with van der Waals surface area (Å²) in [6.45, 7) is 8.66. The molecular weight excluding hydrogens is 272 g/mol. The molecule has 0 aliphatic heterocycles. The first kappa shape index (κ1) is 16.1. The van der Waals surface area contributed by atoms with Crippen molar-refractivity contribution >= 4 is 17.3 Å². The molecule has 0 heterocycles. The van der Waals surface area contributed by atoms with E-state index in [1.807, 2.05) is 43.3 Å². The zero-order valence-corrected chi connectivity index (χ0v) is 13.7. The zero-order valence-electron chi connectivity index (χ0n) is 13.7. The van der Waals surface area contributed by atoms with Crippen molar-refractivity contribution in [2.24, 2.45) is 0 Å². The molecule has 2 N–H and O–H groups in total. The molecule has 2 aromatic rings. The molecule has 0 radical (unpaired) electrons. The summed E-state index contributed by atoms with van der Waals surface area (Å²) < 4.78 is 0. The number of carbonyl (C=O) groups excluding carboxylic acids is 1. The monoisotopic (exact) mass is 296 g/mol. The van der Waals surface area contributed by atoms with Gasteiger partial charge in [0.05, 0.1) is 6.54 Å². The number of carbonyl (C=O) groups is 1. The van der Waals surface area contributed by atoms with E-state index in [0.29, 0.717) is 5.92 Å². The second kappa shape index (κ2) is 7.12. The number of para-hydroxylation sites is 1. The highest BCUT2D eigenvalue weighted by Gasteiger charge is 2.08. The molecule has 0 saturated heterocycles. The van der Waals surface area contributed by atoms with Crippen LogP contribution in [-0.2, 0) is 4.79 Å². The van der Waals surface area contributed by atoms with Crippen molar-refractivity contribution in [2.45, 2.75) is 33.6 Å². The normalized spacial score (nSPS) is 10.6. The Kier molecular flexibility index (Phi) is 5.21. The second-order valence-corrected chi connectivity index (χ2v) is 5.94. The lowest BCUT2D eigenvalue weighted by Crippen LogP contribution is -2.22. The van der Waals surface area contributed by atoms with E-state index in [2.05, 4.69) is 37.5 Å². The van der Waals surface area contributed by atoms with Crippen LogP contribution in [0.15, 0.2) is 42.5 Å². The molecule has 2 rings (SSSR count). The third-order valence-electron chi connectivity index (χ3n) is 3.81. The number of rotatable bonds is 5. The first-order valence-electron chi connectivity index (χ1n) is 7.67. The molecule has 3 nitrogen and oxygen atoms in total. The summed E-state index contributed by atoms with van der Waals surface area (Å²) in [7, 11) is 0. The second-order valence-electron chi connectivity index (χ2n) is 5.94. The van der Waals surface area contributed by atoms with Crippen molar-refractivity contribution in [1.82, 2.24) is 0 Å². The van der Waals surface area contributed by atoms with Gasteiger partial charge in [-0.1, -0.05) is 38.1 Å². The van der Waals surface area contributed by atoms with Crippen molar-refractivity contribution in [2.75, 3.05) is 17.2 Å². The van der Waals surface area contributed by atoms with Gasteiger partial charge in [-0.05, 0) is 54.7 Å². The van der Waals surface area contributed by atoms with Gasteiger partial charge >= 0.3 is 0 Å². The van der Waals surface area contributed by atoms with E-state index in [-0.39, 0.29) is 12.5 Å². The minimum Gasteiger partial charge on any atom is -0.376 e. The van der Waals surface area contributed by atoms with Gasteiger partial charge in [0.15, 0.2) is 0 Å². The molecule has 0 aromatic heterocycles. The summed E-state index contributed by atoms with van der Waals surface area (Å²) in [5, 5.41) is 6.16. The molecule has 3 heteroatoms. The Labute approximate surface area is 132 Å². The molecule has 0 atom stereocenters. The number of hydrogen-bond donors (Lipinski definition) is 2. The lowest BCUT2D eigenvalue weighted by Gasteiger charge is -2.14. The third kappa shape index (κ3) is 4.10. The summed E-state index contributed by atoms with van der Waals surface area (Å²) in [5.41, 5.74) is 5.49. The van der Waals surface area contributed by atoms with E-state index in [1.54, 1.807) is 0 Å². The van der Waals surface area contributed by atoms with Crippen LogP contribution in [-0.4, -0.2) is 12.5 Å². The van der Waals surface area contributed by atoms with Gasteiger partial charge in [-0.15, -0.1) is 0 Å². The molecule has 116 valence electrons. The zero-order chi connectivity index (χ0) is 16.1. The fourth-order valence-electron chi connectivity index (χ4n) is 2.36. The minimum absolute atomic E-state index is 0.0400. The van der Waals surface area contributed by atoms with E-state index >= 15 is 0 Å². The van der Waals surface area contributed by atoms with E-state index in [9.17, 15) is 4.79 Å². The van der Waals surface area contributed by atoms with Crippen LogP contribution in [0.5, 0.6) is 0 Å². The first-order chi connectivity index (χ1) is 10.5. The predicted molar refractivity (Wildman–Crippen MR) is 93.6 cm³/mol. The number of amides is 1. The SMILES string of the molecule is Cc1ccc(NC(=O)CNc2ccccc2C(C)C)cc1C. The summed E-state index contributed by atoms with van der Waals surface area (Å²) in [4.78, 5) is 12.1. The summed E-state index contributed by atoms with van der Waals surface area (Å²) >= 11 is 0. The average Bonchev–Trinajstić information content (AvgIpc) is 2.49. The smallest absolute Gasteiger partial charge is 0.243 e. The highest BCUT2D eigenvalue weighted by Crippen LogP contribution is 2.23. The lowest BCUT2D eigenvalue weighted by atomic mass is 10.0. The highest BCUT2D eigenvalue weighted by molar-refractivity contribution is 5.94. The van der Waals surface area contributed by atoms with Gasteiger partial charge in [-0.25, -0.2) is 0 Å². The van der Waals surface area contributed by atoms with E-state index in [4.69, 9.17) is 0 Å². The number of hydrogen-bond acceptors (Lipinski definition) is 2. The van der Waals surface area contributed by atoms with Crippen molar-refractivity contribution < 1.29 is 4.79 Å². The number of anilines is 2. The maximum absolute atomic E-state index is 12.1. The molecule has 0 unspecified atom stereocenters. The molecular formula is C19H24N2O. The maximum Gasteiger partial charge on any atom is 0.243 e. The Balaban J connectivity index is 1.97. The Morgan fingerprint density at radius 3 is 2.45 bits per heavy atom. The van der Waals surface area contributed by atoms with E-state index < -0.39 is 0 Å².